The van der Waals surface area contributed by atoms with Crippen LogP contribution in [0, 0.1) is 5.92 Å². The first kappa shape index (κ1) is 14.5. The SMILES string of the molecule is O=C(O)C1CCCN(C2CC(=O)N(C3CCCC3)C2=O)C1. The number of hydrogen-bond donors (Lipinski definition) is 1. The molecule has 0 aromatic heterocycles. The molecule has 0 radical (unpaired) electrons. The van der Waals surface area contributed by atoms with E-state index >= 15 is 0 Å². The van der Waals surface area contributed by atoms with Crippen LogP contribution in [0.5, 0.6) is 0 Å². The number of hydrogen-bond acceptors (Lipinski definition) is 4. The topological polar surface area (TPSA) is 77.9 Å². The Hall–Kier alpha value is -1.43. The number of rotatable bonds is 3. The van der Waals surface area contributed by atoms with E-state index < -0.39 is 17.9 Å². The lowest BCUT2D eigenvalue weighted by Gasteiger charge is -2.34. The monoisotopic (exact) mass is 294 g/mol. The molecule has 1 saturated carbocycles. The Balaban J connectivity index is 1.70. The molecule has 2 heterocycles. The molecule has 2 aliphatic heterocycles. The summed E-state index contributed by atoms with van der Waals surface area (Å²) >= 11 is 0. The number of carboxylic acid groups (broad SMARTS) is 1. The summed E-state index contributed by atoms with van der Waals surface area (Å²) in [5.74, 6) is -1.39. The van der Waals surface area contributed by atoms with Crippen molar-refractivity contribution in [1.82, 2.24) is 9.80 Å². The van der Waals surface area contributed by atoms with Gasteiger partial charge in [0.1, 0.15) is 0 Å². The lowest BCUT2D eigenvalue weighted by Crippen LogP contribution is -2.49. The fraction of sp³-hybridized carbons (Fsp3) is 0.800. The van der Waals surface area contributed by atoms with Gasteiger partial charge in [0, 0.05) is 12.6 Å². The minimum atomic E-state index is -0.802. The molecule has 2 atom stereocenters. The summed E-state index contributed by atoms with van der Waals surface area (Å²) in [5.41, 5.74) is 0. The molecular formula is C15H22N2O4. The van der Waals surface area contributed by atoms with Gasteiger partial charge in [0.25, 0.3) is 0 Å². The highest BCUT2D eigenvalue weighted by molar-refractivity contribution is 6.05. The largest absolute Gasteiger partial charge is 0.481 e. The van der Waals surface area contributed by atoms with Crippen LogP contribution < -0.4 is 0 Å². The fourth-order valence-corrected chi connectivity index (χ4v) is 3.96. The fourth-order valence-electron chi connectivity index (χ4n) is 3.96. The van der Waals surface area contributed by atoms with Crippen LogP contribution in [0.2, 0.25) is 0 Å². The van der Waals surface area contributed by atoms with Crippen molar-refractivity contribution in [3.8, 4) is 0 Å². The molecule has 21 heavy (non-hydrogen) atoms. The molecule has 1 aliphatic carbocycles. The summed E-state index contributed by atoms with van der Waals surface area (Å²) in [6, 6.07) is -0.352. The van der Waals surface area contributed by atoms with Crippen molar-refractivity contribution in [3.05, 3.63) is 0 Å². The number of carbonyl (C=O) groups is 3. The Morgan fingerprint density at radius 2 is 1.81 bits per heavy atom. The van der Waals surface area contributed by atoms with Crippen molar-refractivity contribution in [1.29, 1.82) is 0 Å². The van der Waals surface area contributed by atoms with Gasteiger partial charge < -0.3 is 5.11 Å². The summed E-state index contributed by atoms with van der Waals surface area (Å²) in [6.07, 6.45) is 5.66. The molecule has 2 unspecified atom stereocenters. The Morgan fingerprint density at radius 1 is 1.10 bits per heavy atom. The summed E-state index contributed by atoms with van der Waals surface area (Å²) in [4.78, 5) is 39.3. The van der Waals surface area contributed by atoms with Crippen LogP contribution in [0.3, 0.4) is 0 Å². The van der Waals surface area contributed by atoms with E-state index in [1.807, 2.05) is 4.90 Å². The van der Waals surface area contributed by atoms with Gasteiger partial charge in [0.05, 0.1) is 18.4 Å². The highest BCUT2D eigenvalue weighted by Gasteiger charge is 2.46. The van der Waals surface area contributed by atoms with Gasteiger partial charge in [0.2, 0.25) is 11.8 Å². The van der Waals surface area contributed by atoms with Crippen molar-refractivity contribution in [2.75, 3.05) is 13.1 Å². The Bertz CT molecular complexity index is 459. The first-order valence-electron chi connectivity index (χ1n) is 7.90. The highest BCUT2D eigenvalue weighted by Crippen LogP contribution is 2.31. The molecule has 0 spiro atoms. The number of carbonyl (C=O) groups excluding carboxylic acids is 2. The molecule has 6 heteroatoms. The summed E-state index contributed by atoms with van der Waals surface area (Å²) in [5, 5.41) is 9.15. The number of amides is 2. The molecular weight excluding hydrogens is 272 g/mol. The first-order valence-corrected chi connectivity index (χ1v) is 7.90. The number of likely N-dealkylation sites (tertiary alicyclic amines) is 2. The van der Waals surface area contributed by atoms with Crippen LogP contribution in [-0.4, -0.2) is 57.9 Å². The van der Waals surface area contributed by atoms with Crippen LogP contribution in [-0.2, 0) is 14.4 Å². The number of nitrogens with zero attached hydrogens (tertiary/aromatic N) is 2. The van der Waals surface area contributed by atoms with Crippen LogP contribution in [0.15, 0.2) is 0 Å². The number of imide groups is 1. The average Bonchev–Trinajstić information content (AvgIpc) is 3.07. The smallest absolute Gasteiger partial charge is 0.307 e. The second-order valence-electron chi connectivity index (χ2n) is 6.43. The predicted octanol–water partition coefficient (Wildman–Crippen LogP) is 0.853. The quantitative estimate of drug-likeness (QED) is 0.781. The van der Waals surface area contributed by atoms with Crippen LogP contribution in [0.25, 0.3) is 0 Å². The second kappa shape index (κ2) is 5.75. The van der Waals surface area contributed by atoms with Gasteiger partial charge in [0.15, 0.2) is 0 Å². The van der Waals surface area contributed by atoms with E-state index in [1.165, 1.54) is 4.90 Å². The molecule has 2 saturated heterocycles. The van der Waals surface area contributed by atoms with Gasteiger partial charge in [-0.3, -0.25) is 24.2 Å². The van der Waals surface area contributed by atoms with Crippen LogP contribution >= 0.6 is 0 Å². The average molecular weight is 294 g/mol. The Kier molecular flexibility index (Phi) is 3.97. The normalized spacial score (nSPS) is 32.1. The molecule has 2 amide bonds. The maximum Gasteiger partial charge on any atom is 0.307 e. The molecule has 0 aromatic rings. The van der Waals surface area contributed by atoms with Crippen molar-refractivity contribution in [2.45, 2.75) is 57.0 Å². The Labute approximate surface area is 124 Å². The van der Waals surface area contributed by atoms with Crippen molar-refractivity contribution >= 4 is 17.8 Å². The number of aliphatic carboxylic acids is 1. The summed E-state index contributed by atoms with van der Waals surface area (Å²) in [6.45, 7) is 1.10. The standard InChI is InChI=1S/C15H22N2O4/c18-13-8-12(14(19)17(13)11-5-1-2-6-11)16-7-3-4-10(9-16)15(20)21/h10-12H,1-9H2,(H,20,21). The zero-order valence-electron chi connectivity index (χ0n) is 12.2. The van der Waals surface area contributed by atoms with Crippen LogP contribution in [0.1, 0.15) is 44.9 Å². The zero-order chi connectivity index (χ0) is 15.0. The van der Waals surface area contributed by atoms with E-state index in [2.05, 4.69) is 0 Å². The van der Waals surface area contributed by atoms with Gasteiger partial charge in [-0.2, -0.15) is 0 Å². The summed E-state index contributed by atoms with van der Waals surface area (Å²) in [7, 11) is 0. The molecule has 0 aromatic carbocycles. The molecule has 1 N–H and O–H groups in total. The lowest BCUT2D eigenvalue weighted by atomic mass is 9.96. The van der Waals surface area contributed by atoms with E-state index in [9.17, 15) is 14.4 Å². The molecule has 3 aliphatic rings. The van der Waals surface area contributed by atoms with Gasteiger partial charge in [-0.05, 0) is 32.2 Å². The number of piperidine rings is 1. The maximum atomic E-state index is 12.6. The Morgan fingerprint density at radius 3 is 2.48 bits per heavy atom. The third kappa shape index (κ3) is 2.69. The van der Waals surface area contributed by atoms with Gasteiger partial charge in [-0.25, -0.2) is 0 Å². The van der Waals surface area contributed by atoms with E-state index in [0.717, 1.165) is 32.1 Å². The third-order valence-electron chi connectivity index (χ3n) is 5.09. The van der Waals surface area contributed by atoms with E-state index in [4.69, 9.17) is 5.11 Å². The molecule has 3 rings (SSSR count). The van der Waals surface area contributed by atoms with Gasteiger partial charge in [-0.15, -0.1) is 0 Å². The van der Waals surface area contributed by atoms with Gasteiger partial charge >= 0.3 is 5.97 Å². The number of carboxylic acids is 1. The van der Waals surface area contributed by atoms with Crippen LogP contribution in [0.4, 0.5) is 0 Å². The third-order valence-corrected chi connectivity index (χ3v) is 5.09. The predicted molar refractivity (Wildman–Crippen MR) is 74.4 cm³/mol. The molecule has 116 valence electrons. The van der Waals surface area contributed by atoms with Crippen molar-refractivity contribution in [2.24, 2.45) is 5.92 Å². The minimum Gasteiger partial charge on any atom is -0.481 e. The van der Waals surface area contributed by atoms with E-state index in [-0.39, 0.29) is 24.3 Å². The first-order chi connectivity index (χ1) is 10.1. The molecule has 0 bridgehead atoms. The van der Waals surface area contributed by atoms with Gasteiger partial charge in [-0.1, -0.05) is 12.8 Å². The minimum absolute atomic E-state index is 0.0747. The highest BCUT2D eigenvalue weighted by atomic mass is 16.4. The second-order valence-corrected chi connectivity index (χ2v) is 6.43. The lowest BCUT2D eigenvalue weighted by molar-refractivity contribution is -0.147. The van der Waals surface area contributed by atoms with Crippen molar-refractivity contribution in [3.63, 3.8) is 0 Å². The molecule has 6 nitrogen and oxygen atoms in total. The zero-order valence-corrected chi connectivity index (χ0v) is 12.2. The molecule has 3 fully saturated rings. The van der Waals surface area contributed by atoms with E-state index in [0.29, 0.717) is 19.5 Å². The summed E-state index contributed by atoms with van der Waals surface area (Å²) < 4.78 is 0. The maximum absolute atomic E-state index is 12.6. The van der Waals surface area contributed by atoms with Crippen molar-refractivity contribution < 1.29 is 19.5 Å². The van der Waals surface area contributed by atoms with E-state index in [1.54, 1.807) is 0 Å².